The molecule has 0 aromatic heterocycles. The molecule has 2 aromatic rings. The van der Waals surface area contributed by atoms with Gasteiger partial charge in [-0.05, 0) is 17.7 Å². The van der Waals surface area contributed by atoms with Crippen molar-refractivity contribution in [2.24, 2.45) is 4.99 Å². The second kappa shape index (κ2) is 11.1. The first-order valence-electron chi connectivity index (χ1n) is 7.15. The molecular weight excluding hydrogens is 425 g/mol. The van der Waals surface area contributed by atoms with Crippen molar-refractivity contribution in [2.75, 3.05) is 20.2 Å². The molecule has 6 heteroatoms. The summed E-state index contributed by atoms with van der Waals surface area (Å²) in [6.45, 7) is 1.88. The van der Waals surface area contributed by atoms with Crippen molar-refractivity contribution in [3.63, 3.8) is 0 Å². The lowest BCUT2D eigenvalue weighted by atomic mass is 10.2. The molecule has 0 atom stereocenters. The van der Waals surface area contributed by atoms with E-state index >= 15 is 0 Å². The summed E-state index contributed by atoms with van der Waals surface area (Å²) in [4.78, 5) is 4.18. The zero-order valence-electron chi connectivity index (χ0n) is 13.0. The van der Waals surface area contributed by atoms with Crippen LogP contribution >= 0.6 is 35.6 Å². The van der Waals surface area contributed by atoms with E-state index < -0.39 is 0 Å². The van der Waals surface area contributed by atoms with Crippen LogP contribution in [0.2, 0.25) is 5.02 Å². The van der Waals surface area contributed by atoms with Crippen LogP contribution in [-0.4, -0.2) is 26.2 Å². The van der Waals surface area contributed by atoms with Gasteiger partial charge in [0, 0.05) is 13.6 Å². The Hall–Kier alpha value is -1.47. The van der Waals surface area contributed by atoms with Gasteiger partial charge in [0.05, 0.1) is 11.6 Å². The molecule has 2 N–H and O–H groups in total. The molecule has 0 aliphatic rings. The predicted octanol–water partition coefficient (Wildman–Crippen LogP) is 3.70. The molecule has 23 heavy (non-hydrogen) atoms. The quantitative estimate of drug-likeness (QED) is 0.308. The Labute approximate surface area is 159 Å². The molecule has 124 valence electrons. The number of rotatable bonds is 6. The number of hydrogen-bond acceptors (Lipinski definition) is 2. The number of nitrogens with one attached hydrogen (secondary N) is 2. The summed E-state index contributed by atoms with van der Waals surface area (Å²) in [5.41, 5.74) is 1.21. The highest BCUT2D eigenvalue weighted by atomic mass is 127. The van der Waals surface area contributed by atoms with E-state index in [4.69, 9.17) is 16.3 Å². The molecule has 0 aliphatic heterocycles. The lowest BCUT2D eigenvalue weighted by Gasteiger charge is -2.13. The summed E-state index contributed by atoms with van der Waals surface area (Å²) in [6, 6.07) is 17.6. The number of para-hydroxylation sites is 1. The monoisotopic (exact) mass is 445 g/mol. The predicted molar refractivity (Wildman–Crippen MR) is 107 cm³/mol. The highest BCUT2D eigenvalue weighted by Gasteiger charge is 2.00. The first kappa shape index (κ1) is 19.6. The highest BCUT2D eigenvalue weighted by Crippen LogP contribution is 2.22. The number of benzene rings is 2. The molecule has 0 saturated carbocycles. The van der Waals surface area contributed by atoms with Gasteiger partial charge in [0.25, 0.3) is 0 Å². The zero-order valence-corrected chi connectivity index (χ0v) is 16.0. The van der Waals surface area contributed by atoms with Crippen LogP contribution in [0.3, 0.4) is 0 Å². The Morgan fingerprint density at radius 2 is 1.74 bits per heavy atom. The molecule has 4 nitrogen and oxygen atoms in total. The van der Waals surface area contributed by atoms with E-state index in [0.717, 1.165) is 12.5 Å². The molecule has 2 rings (SSSR count). The fourth-order valence-corrected chi connectivity index (χ4v) is 2.08. The molecule has 0 heterocycles. The van der Waals surface area contributed by atoms with Crippen LogP contribution < -0.4 is 15.4 Å². The van der Waals surface area contributed by atoms with E-state index in [9.17, 15) is 0 Å². The SMILES string of the molecule is CN=C(NCCOc1ccccc1Cl)NCc1ccccc1.I. The van der Waals surface area contributed by atoms with Gasteiger partial charge in [-0.25, -0.2) is 0 Å². The minimum atomic E-state index is 0. The van der Waals surface area contributed by atoms with Crippen molar-refractivity contribution in [1.82, 2.24) is 10.6 Å². The van der Waals surface area contributed by atoms with Gasteiger partial charge in [-0.2, -0.15) is 0 Å². The number of guanidine groups is 1. The third-order valence-electron chi connectivity index (χ3n) is 3.02. The topological polar surface area (TPSA) is 45.7 Å². The standard InChI is InChI=1S/C17H20ClN3O.HI/c1-19-17(21-13-14-7-3-2-4-8-14)20-11-12-22-16-10-6-5-9-15(16)18;/h2-10H,11-13H2,1H3,(H2,19,20,21);1H. The minimum absolute atomic E-state index is 0. The molecule has 0 aliphatic carbocycles. The van der Waals surface area contributed by atoms with Crippen LogP contribution in [0.4, 0.5) is 0 Å². The summed E-state index contributed by atoms with van der Waals surface area (Å²) in [5.74, 6) is 1.44. The van der Waals surface area contributed by atoms with Crippen molar-refractivity contribution in [1.29, 1.82) is 0 Å². The van der Waals surface area contributed by atoms with Crippen LogP contribution in [0, 0.1) is 0 Å². The van der Waals surface area contributed by atoms with Gasteiger partial charge in [-0.15, -0.1) is 24.0 Å². The zero-order chi connectivity index (χ0) is 15.6. The van der Waals surface area contributed by atoms with Gasteiger partial charge in [-0.1, -0.05) is 54.1 Å². The van der Waals surface area contributed by atoms with Crippen molar-refractivity contribution in [3.05, 3.63) is 65.2 Å². The Morgan fingerprint density at radius 3 is 2.43 bits per heavy atom. The maximum Gasteiger partial charge on any atom is 0.191 e. The minimum Gasteiger partial charge on any atom is -0.490 e. The van der Waals surface area contributed by atoms with Crippen molar-refractivity contribution in [2.45, 2.75) is 6.54 Å². The Kier molecular flexibility index (Phi) is 9.47. The van der Waals surface area contributed by atoms with E-state index in [1.54, 1.807) is 7.05 Å². The van der Waals surface area contributed by atoms with Crippen LogP contribution in [-0.2, 0) is 6.54 Å². The Balaban J connectivity index is 0.00000264. The van der Waals surface area contributed by atoms with E-state index in [0.29, 0.717) is 23.9 Å². The van der Waals surface area contributed by atoms with Gasteiger partial charge in [-0.3, -0.25) is 4.99 Å². The number of nitrogens with zero attached hydrogens (tertiary/aromatic N) is 1. The molecule has 0 amide bonds. The van der Waals surface area contributed by atoms with Crippen LogP contribution in [0.25, 0.3) is 0 Å². The van der Waals surface area contributed by atoms with Gasteiger partial charge >= 0.3 is 0 Å². The lowest BCUT2D eigenvalue weighted by molar-refractivity contribution is 0.322. The second-order valence-electron chi connectivity index (χ2n) is 4.62. The number of ether oxygens (including phenoxy) is 1. The van der Waals surface area contributed by atoms with E-state index in [1.807, 2.05) is 42.5 Å². The summed E-state index contributed by atoms with van der Waals surface area (Å²) in [7, 11) is 1.75. The Bertz CT molecular complexity index is 608. The average molecular weight is 446 g/mol. The van der Waals surface area contributed by atoms with Crippen LogP contribution in [0.5, 0.6) is 5.75 Å². The first-order chi connectivity index (χ1) is 10.8. The molecule has 0 saturated heterocycles. The number of hydrogen-bond donors (Lipinski definition) is 2. The summed E-state index contributed by atoms with van der Waals surface area (Å²) in [6.07, 6.45) is 0. The molecule has 0 radical (unpaired) electrons. The van der Waals surface area contributed by atoms with Gasteiger partial charge in [0.15, 0.2) is 5.96 Å². The summed E-state index contributed by atoms with van der Waals surface area (Å²) >= 11 is 6.03. The summed E-state index contributed by atoms with van der Waals surface area (Å²) < 4.78 is 5.62. The van der Waals surface area contributed by atoms with Crippen LogP contribution in [0.1, 0.15) is 5.56 Å². The van der Waals surface area contributed by atoms with Crippen LogP contribution in [0.15, 0.2) is 59.6 Å². The molecule has 0 bridgehead atoms. The molecule has 0 unspecified atom stereocenters. The Morgan fingerprint density at radius 1 is 1.04 bits per heavy atom. The normalized spacial score (nSPS) is 10.6. The maximum atomic E-state index is 6.03. The molecular formula is C17H21ClIN3O. The average Bonchev–Trinajstić information content (AvgIpc) is 2.56. The van der Waals surface area contributed by atoms with Gasteiger partial charge in [0.1, 0.15) is 12.4 Å². The summed E-state index contributed by atoms with van der Waals surface area (Å²) in [5, 5.41) is 7.07. The van der Waals surface area contributed by atoms with Crippen molar-refractivity contribution < 1.29 is 4.74 Å². The van der Waals surface area contributed by atoms with E-state index in [-0.39, 0.29) is 24.0 Å². The molecule has 2 aromatic carbocycles. The highest BCUT2D eigenvalue weighted by molar-refractivity contribution is 14.0. The number of aliphatic imine (C=N–C) groups is 1. The molecule has 0 spiro atoms. The van der Waals surface area contributed by atoms with E-state index in [2.05, 4.69) is 27.8 Å². The third kappa shape index (κ3) is 7.09. The second-order valence-corrected chi connectivity index (χ2v) is 5.02. The van der Waals surface area contributed by atoms with E-state index in [1.165, 1.54) is 5.56 Å². The van der Waals surface area contributed by atoms with Gasteiger partial charge < -0.3 is 15.4 Å². The fourth-order valence-electron chi connectivity index (χ4n) is 1.89. The van der Waals surface area contributed by atoms with Crippen molar-refractivity contribution >= 4 is 41.5 Å². The number of halogens is 2. The lowest BCUT2D eigenvalue weighted by Crippen LogP contribution is -2.38. The largest absolute Gasteiger partial charge is 0.490 e. The van der Waals surface area contributed by atoms with Gasteiger partial charge in [0.2, 0.25) is 0 Å². The first-order valence-corrected chi connectivity index (χ1v) is 7.53. The third-order valence-corrected chi connectivity index (χ3v) is 3.33. The fraction of sp³-hybridized carbons (Fsp3) is 0.235. The molecule has 0 fully saturated rings. The van der Waals surface area contributed by atoms with Crippen molar-refractivity contribution in [3.8, 4) is 5.75 Å². The maximum absolute atomic E-state index is 6.03. The smallest absolute Gasteiger partial charge is 0.191 e.